The van der Waals surface area contributed by atoms with Gasteiger partial charge >= 0.3 is 5.97 Å². The van der Waals surface area contributed by atoms with Gasteiger partial charge < -0.3 is 15.2 Å². The lowest BCUT2D eigenvalue weighted by molar-refractivity contribution is -0.147. The molecule has 0 amide bonds. The largest absolute Gasteiger partial charge is 0.465 e. The fourth-order valence-corrected chi connectivity index (χ4v) is 1.34. The Morgan fingerprint density at radius 1 is 1.75 bits per heavy atom. The van der Waals surface area contributed by atoms with Crippen molar-refractivity contribution in [3.8, 4) is 0 Å². The lowest BCUT2D eigenvalue weighted by Gasteiger charge is -2.14. The van der Waals surface area contributed by atoms with Crippen LogP contribution in [0.5, 0.6) is 0 Å². The highest BCUT2D eigenvalue weighted by atomic mass is 16.5. The summed E-state index contributed by atoms with van der Waals surface area (Å²) in [7, 11) is 0. The fourth-order valence-electron chi connectivity index (χ4n) is 1.34. The number of ether oxygens (including phenoxy) is 1. The van der Waals surface area contributed by atoms with Gasteiger partial charge in [0, 0.05) is 6.54 Å². The van der Waals surface area contributed by atoms with Crippen LogP contribution in [0.25, 0.3) is 0 Å². The Balaban J connectivity index is 2.47. The summed E-state index contributed by atoms with van der Waals surface area (Å²) in [5, 5.41) is 12.4. The quantitative estimate of drug-likeness (QED) is 0.554. The topological polar surface area (TPSA) is 58.6 Å². The van der Waals surface area contributed by atoms with E-state index in [1.54, 1.807) is 6.92 Å². The molecule has 3 atom stereocenters. The molecule has 0 radical (unpaired) electrons. The van der Waals surface area contributed by atoms with Gasteiger partial charge in [0.05, 0.1) is 12.7 Å². The molecule has 2 N–H and O–H groups in total. The van der Waals surface area contributed by atoms with Crippen molar-refractivity contribution >= 4 is 5.97 Å². The third kappa shape index (κ3) is 1.76. The predicted molar refractivity (Wildman–Crippen MR) is 43.6 cm³/mol. The average molecular weight is 173 g/mol. The van der Waals surface area contributed by atoms with Crippen molar-refractivity contribution in [3.63, 3.8) is 0 Å². The molecule has 12 heavy (non-hydrogen) atoms. The first-order valence-electron chi connectivity index (χ1n) is 4.25. The molecule has 4 nitrogen and oxygen atoms in total. The van der Waals surface area contributed by atoms with Crippen molar-refractivity contribution in [2.75, 3.05) is 13.2 Å². The van der Waals surface area contributed by atoms with E-state index < -0.39 is 12.1 Å². The Morgan fingerprint density at radius 3 is 2.83 bits per heavy atom. The number of rotatable bonds is 2. The Labute approximate surface area is 71.9 Å². The Kier molecular flexibility index (Phi) is 3.05. The highest BCUT2D eigenvalue weighted by Crippen LogP contribution is 2.14. The van der Waals surface area contributed by atoms with E-state index in [-0.39, 0.29) is 11.9 Å². The summed E-state index contributed by atoms with van der Waals surface area (Å²) in [6.07, 6.45) is -0.607. The van der Waals surface area contributed by atoms with E-state index in [4.69, 9.17) is 4.74 Å². The van der Waals surface area contributed by atoms with E-state index in [0.29, 0.717) is 13.2 Å². The summed E-state index contributed by atoms with van der Waals surface area (Å²) < 4.78 is 4.78. The maximum atomic E-state index is 11.2. The molecule has 0 saturated carbocycles. The molecule has 0 aromatic rings. The highest BCUT2D eigenvalue weighted by molar-refractivity contribution is 5.77. The lowest BCUT2D eigenvalue weighted by Crippen LogP contribution is -2.40. The summed E-state index contributed by atoms with van der Waals surface area (Å²) in [4.78, 5) is 11.2. The number of aliphatic hydroxyl groups is 1. The molecule has 0 aromatic carbocycles. The minimum Gasteiger partial charge on any atom is -0.465 e. The van der Waals surface area contributed by atoms with Crippen LogP contribution < -0.4 is 5.32 Å². The fraction of sp³-hybridized carbons (Fsp3) is 0.875. The molecule has 0 aliphatic carbocycles. The number of hydrogen-bond acceptors (Lipinski definition) is 4. The Morgan fingerprint density at radius 2 is 2.42 bits per heavy atom. The number of hydrogen-bond donors (Lipinski definition) is 2. The molecule has 1 saturated heterocycles. The summed E-state index contributed by atoms with van der Waals surface area (Å²) in [6.45, 7) is 4.68. The maximum absolute atomic E-state index is 11.2. The Hall–Kier alpha value is -0.610. The van der Waals surface area contributed by atoms with Gasteiger partial charge in [-0.2, -0.15) is 0 Å². The van der Waals surface area contributed by atoms with E-state index in [2.05, 4.69) is 5.32 Å². The number of carbonyl (C=O) groups is 1. The second-order valence-corrected chi connectivity index (χ2v) is 3.11. The van der Waals surface area contributed by atoms with E-state index in [1.807, 2.05) is 6.92 Å². The highest BCUT2D eigenvalue weighted by Gasteiger charge is 2.37. The van der Waals surface area contributed by atoms with Gasteiger partial charge in [0.1, 0.15) is 6.04 Å². The minimum absolute atomic E-state index is 0.124. The monoisotopic (exact) mass is 173 g/mol. The number of nitrogens with one attached hydrogen (secondary N) is 1. The summed E-state index contributed by atoms with van der Waals surface area (Å²) in [6, 6.07) is -0.528. The van der Waals surface area contributed by atoms with Crippen molar-refractivity contribution in [2.24, 2.45) is 5.92 Å². The SMILES string of the molecule is CCOC(=O)[C@H]1NC[C@@H](C)[C@@H]1O. The first kappa shape index (κ1) is 9.48. The summed E-state index contributed by atoms with van der Waals surface area (Å²) in [5.41, 5.74) is 0. The van der Waals surface area contributed by atoms with Crippen molar-refractivity contribution in [1.82, 2.24) is 5.32 Å². The Bertz CT molecular complexity index is 172. The molecule has 1 fully saturated rings. The molecule has 0 unspecified atom stereocenters. The smallest absolute Gasteiger partial charge is 0.325 e. The van der Waals surface area contributed by atoms with Crippen molar-refractivity contribution in [3.05, 3.63) is 0 Å². The van der Waals surface area contributed by atoms with E-state index in [9.17, 15) is 9.90 Å². The second-order valence-electron chi connectivity index (χ2n) is 3.11. The van der Waals surface area contributed by atoms with Gasteiger partial charge in [-0.1, -0.05) is 6.92 Å². The van der Waals surface area contributed by atoms with Crippen LogP contribution in [0.2, 0.25) is 0 Å². The van der Waals surface area contributed by atoms with E-state index >= 15 is 0 Å². The first-order chi connectivity index (χ1) is 5.66. The zero-order valence-corrected chi connectivity index (χ0v) is 7.41. The van der Waals surface area contributed by atoms with Crippen LogP contribution in [-0.4, -0.2) is 36.4 Å². The van der Waals surface area contributed by atoms with Gasteiger partial charge in [-0.05, 0) is 12.8 Å². The van der Waals surface area contributed by atoms with Crippen LogP contribution in [0.3, 0.4) is 0 Å². The molecule has 1 heterocycles. The van der Waals surface area contributed by atoms with Crippen LogP contribution in [0.15, 0.2) is 0 Å². The van der Waals surface area contributed by atoms with Gasteiger partial charge in [-0.15, -0.1) is 0 Å². The molecular weight excluding hydrogens is 158 g/mol. The third-order valence-electron chi connectivity index (χ3n) is 2.12. The molecule has 4 heteroatoms. The van der Waals surface area contributed by atoms with Gasteiger partial charge in [-0.3, -0.25) is 4.79 Å². The van der Waals surface area contributed by atoms with Crippen molar-refractivity contribution in [1.29, 1.82) is 0 Å². The molecule has 1 aliphatic rings. The predicted octanol–water partition coefficient (Wildman–Crippen LogP) is -0.482. The molecule has 0 aromatic heterocycles. The van der Waals surface area contributed by atoms with Gasteiger partial charge in [0.25, 0.3) is 0 Å². The van der Waals surface area contributed by atoms with E-state index in [1.165, 1.54) is 0 Å². The zero-order chi connectivity index (χ0) is 9.14. The third-order valence-corrected chi connectivity index (χ3v) is 2.12. The molecule has 0 bridgehead atoms. The molecule has 0 spiro atoms. The van der Waals surface area contributed by atoms with Crippen LogP contribution in [0, 0.1) is 5.92 Å². The van der Waals surface area contributed by atoms with Crippen LogP contribution in [-0.2, 0) is 9.53 Å². The molecule has 1 rings (SSSR count). The van der Waals surface area contributed by atoms with Crippen LogP contribution >= 0.6 is 0 Å². The summed E-state index contributed by atoms with van der Waals surface area (Å²) >= 11 is 0. The molecule has 1 aliphatic heterocycles. The molecule has 70 valence electrons. The minimum atomic E-state index is -0.607. The normalized spacial score (nSPS) is 35.1. The van der Waals surface area contributed by atoms with Gasteiger partial charge in [0.15, 0.2) is 0 Å². The molecular formula is C8H15NO3. The van der Waals surface area contributed by atoms with Crippen molar-refractivity contribution < 1.29 is 14.6 Å². The van der Waals surface area contributed by atoms with Gasteiger partial charge in [0.2, 0.25) is 0 Å². The van der Waals surface area contributed by atoms with Crippen LogP contribution in [0.1, 0.15) is 13.8 Å². The lowest BCUT2D eigenvalue weighted by atomic mass is 10.0. The number of esters is 1. The number of carbonyl (C=O) groups excluding carboxylic acids is 1. The number of aliphatic hydroxyl groups excluding tert-OH is 1. The maximum Gasteiger partial charge on any atom is 0.325 e. The van der Waals surface area contributed by atoms with Crippen molar-refractivity contribution in [2.45, 2.75) is 26.0 Å². The van der Waals surface area contributed by atoms with Crippen LogP contribution in [0.4, 0.5) is 0 Å². The zero-order valence-electron chi connectivity index (χ0n) is 7.41. The van der Waals surface area contributed by atoms with E-state index in [0.717, 1.165) is 0 Å². The summed E-state index contributed by atoms with van der Waals surface area (Å²) in [5.74, 6) is -0.228. The first-order valence-corrected chi connectivity index (χ1v) is 4.25. The second kappa shape index (κ2) is 3.87. The van der Waals surface area contributed by atoms with Gasteiger partial charge in [-0.25, -0.2) is 0 Å². The standard InChI is InChI=1S/C8H15NO3/c1-3-12-8(11)6-7(10)5(2)4-9-6/h5-7,9-10H,3-4H2,1-2H3/t5-,6+,7+/m1/s1. The average Bonchev–Trinajstić information content (AvgIpc) is 2.34.